The van der Waals surface area contributed by atoms with Crippen LogP contribution in [0, 0.1) is 6.92 Å². The highest BCUT2D eigenvalue weighted by Gasteiger charge is 2.14. The van der Waals surface area contributed by atoms with Crippen LogP contribution in [0.15, 0.2) is 40.1 Å². The van der Waals surface area contributed by atoms with E-state index >= 15 is 0 Å². The molecule has 3 rings (SSSR count). The maximum atomic E-state index is 11.9. The second-order valence-corrected chi connectivity index (χ2v) is 5.05. The average molecular weight is 301 g/mol. The van der Waals surface area contributed by atoms with Gasteiger partial charge in [0, 0.05) is 17.9 Å². The summed E-state index contributed by atoms with van der Waals surface area (Å²) in [6.45, 7) is 1.61. The van der Waals surface area contributed by atoms with E-state index < -0.39 is 5.97 Å². The van der Waals surface area contributed by atoms with Gasteiger partial charge in [0.05, 0.1) is 0 Å². The summed E-state index contributed by atoms with van der Waals surface area (Å²) in [5.41, 5.74) is 1.24. The van der Waals surface area contributed by atoms with Crippen molar-refractivity contribution in [2.75, 3.05) is 0 Å². The number of carbonyl (C=O) groups is 1. The van der Waals surface area contributed by atoms with Gasteiger partial charge in [-0.05, 0) is 0 Å². The van der Waals surface area contributed by atoms with Crippen LogP contribution in [-0.2, 0) is 11.3 Å². The van der Waals surface area contributed by atoms with Crippen LogP contribution in [-0.4, -0.2) is 21.2 Å². The minimum Gasteiger partial charge on any atom is -0.451 e. The molecule has 0 aliphatic rings. The molecule has 106 valence electrons. The molecule has 0 aliphatic heterocycles. The van der Waals surface area contributed by atoms with Gasteiger partial charge in [-0.25, -0.2) is 9.78 Å². The summed E-state index contributed by atoms with van der Waals surface area (Å²) in [6, 6.07) is 9.66. The third-order valence-electron chi connectivity index (χ3n) is 2.63. The number of hydrogen-bond acceptors (Lipinski definition) is 7. The van der Waals surface area contributed by atoms with Crippen molar-refractivity contribution in [3.05, 3.63) is 53.2 Å². The molecule has 3 aromatic rings. The van der Waals surface area contributed by atoms with Crippen molar-refractivity contribution in [1.82, 2.24) is 15.2 Å². The number of nitrogens with zero attached hydrogens (tertiary/aromatic N) is 3. The molecule has 2 aromatic heterocycles. The highest BCUT2D eigenvalue weighted by atomic mass is 32.1. The average Bonchev–Trinajstić information content (AvgIpc) is 3.15. The first-order valence-electron chi connectivity index (χ1n) is 6.19. The Labute approximate surface area is 124 Å². The van der Waals surface area contributed by atoms with E-state index in [1.54, 1.807) is 12.3 Å². The Hall–Kier alpha value is -2.54. The molecule has 0 aliphatic carbocycles. The number of carbonyl (C=O) groups excluding carboxylic acids is 1. The van der Waals surface area contributed by atoms with Gasteiger partial charge in [0.15, 0.2) is 12.3 Å². The number of thiazole rings is 1. The molecule has 1 aromatic carbocycles. The van der Waals surface area contributed by atoms with Gasteiger partial charge in [-0.15, -0.1) is 21.5 Å². The van der Waals surface area contributed by atoms with Crippen LogP contribution in [0.25, 0.3) is 10.6 Å². The van der Waals surface area contributed by atoms with Gasteiger partial charge >= 0.3 is 5.97 Å². The minimum absolute atomic E-state index is 0.0577. The Balaban J connectivity index is 1.67. The van der Waals surface area contributed by atoms with Crippen LogP contribution in [0.4, 0.5) is 0 Å². The molecule has 0 saturated heterocycles. The number of rotatable bonds is 4. The van der Waals surface area contributed by atoms with Crippen molar-refractivity contribution in [3.63, 3.8) is 0 Å². The van der Waals surface area contributed by atoms with Crippen molar-refractivity contribution in [2.45, 2.75) is 13.5 Å². The molecule has 0 N–H and O–H groups in total. The fraction of sp³-hybridized carbons (Fsp3) is 0.143. The number of ether oxygens (including phenoxy) is 1. The topological polar surface area (TPSA) is 78.1 Å². The van der Waals surface area contributed by atoms with Gasteiger partial charge in [0.1, 0.15) is 5.01 Å². The quantitative estimate of drug-likeness (QED) is 0.689. The highest BCUT2D eigenvalue weighted by Crippen LogP contribution is 2.23. The number of hydrogen-bond donors (Lipinski definition) is 0. The van der Waals surface area contributed by atoms with E-state index in [0.29, 0.717) is 5.89 Å². The predicted octanol–water partition coefficient (Wildman–Crippen LogP) is 2.86. The zero-order valence-corrected chi connectivity index (χ0v) is 12.0. The lowest BCUT2D eigenvalue weighted by Gasteiger charge is -1.98. The lowest BCUT2D eigenvalue weighted by molar-refractivity contribution is 0.0431. The lowest BCUT2D eigenvalue weighted by Crippen LogP contribution is -2.05. The molecule has 0 fully saturated rings. The molecule has 0 atom stereocenters. The summed E-state index contributed by atoms with van der Waals surface area (Å²) in [7, 11) is 0. The zero-order chi connectivity index (χ0) is 14.7. The standard InChI is InChI=1S/C14H11N3O3S/c1-9-16-17-12(20-9)7-19-14(18)11-8-21-13(15-11)10-5-3-2-4-6-10/h2-6,8H,7H2,1H3. The van der Waals surface area contributed by atoms with Crippen LogP contribution in [0.5, 0.6) is 0 Å². The van der Waals surface area contributed by atoms with Crippen molar-refractivity contribution in [3.8, 4) is 10.6 Å². The number of aromatic nitrogens is 3. The second kappa shape index (κ2) is 5.84. The normalized spacial score (nSPS) is 10.5. The van der Waals surface area contributed by atoms with E-state index in [-0.39, 0.29) is 18.2 Å². The molecular weight excluding hydrogens is 290 g/mol. The van der Waals surface area contributed by atoms with E-state index in [9.17, 15) is 4.79 Å². The molecule has 0 spiro atoms. The largest absolute Gasteiger partial charge is 0.451 e. The molecule has 0 bridgehead atoms. The van der Waals surface area contributed by atoms with Crippen LogP contribution in [0.3, 0.4) is 0 Å². The van der Waals surface area contributed by atoms with Crippen LogP contribution in [0.1, 0.15) is 22.3 Å². The van der Waals surface area contributed by atoms with E-state index in [1.165, 1.54) is 11.3 Å². The Morgan fingerprint density at radius 3 is 2.81 bits per heavy atom. The summed E-state index contributed by atoms with van der Waals surface area (Å²) in [6.07, 6.45) is 0. The maximum Gasteiger partial charge on any atom is 0.358 e. The number of esters is 1. The van der Waals surface area contributed by atoms with Crippen molar-refractivity contribution in [2.24, 2.45) is 0 Å². The highest BCUT2D eigenvalue weighted by molar-refractivity contribution is 7.13. The second-order valence-electron chi connectivity index (χ2n) is 4.19. The monoisotopic (exact) mass is 301 g/mol. The summed E-state index contributed by atoms with van der Waals surface area (Å²) in [4.78, 5) is 16.2. The van der Waals surface area contributed by atoms with Gasteiger partial charge in [0.2, 0.25) is 5.89 Å². The Morgan fingerprint density at radius 1 is 1.29 bits per heavy atom. The summed E-state index contributed by atoms with van der Waals surface area (Å²) in [5, 5.41) is 9.86. The van der Waals surface area contributed by atoms with Gasteiger partial charge in [-0.2, -0.15) is 0 Å². The van der Waals surface area contributed by atoms with E-state index in [2.05, 4.69) is 15.2 Å². The summed E-state index contributed by atoms with van der Waals surface area (Å²) < 4.78 is 10.2. The first-order chi connectivity index (χ1) is 10.2. The van der Waals surface area contributed by atoms with Gasteiger partial charge < -0.3 is 9.15 Å². The third kappa shape index (κ3) is 3.14. The van der Waals surface area contributed by atoms with Crippen LogP contribution < -0.4 is 0 Å². The Morgan fingerprint density at radius 2 is 2.10 bits per heavy atom. The summed E-state index contributed by atoms with van der Waals surface area (Å²) >= 11 is 1.39. The number of benzene rings is 1. The van der Waals surface area contributed by atoms with E-state index in [0.717, 1.165) is 10.6 Å². The van der Waals surface area contributed by atoms with E-state index in [1.807, 2.05) is 30.3 Å². The first-order valence-corrected chi connectivity index (χ1v) is 7.07. The van der Waals surface area contributed by atoms with Gasteiger partial charge in [0.25, 0.3) is 5.89 Å². The molecule has 0 unspecified atom stereocenters. The first kappa shape index (κ1) is 13.4. The number of aryl methyl sites for hydroxylation is 1. The van der Waals surface area contributed by atoms with Gasteiger partial charge in [-0.1, -0.05) is 30.3 Å². The molecule has 0 amide bonds. The fourth-order valence-corrected chi connectivity index (χ4v) is 2.47. The molecule has 7 heteroatoms. The zero-order valence-electron chi connectivity index (χ0n) is 11.1. The minimum atomic E-state index is -0.510. The Bertz CT molecular complexity index is 752. The van der Waals surface area contributed by atoms with Crippen LogP contribution in [0.2, 0.25) is 0 Å². The maximum absolute atomic E-state index is 11.9. The molecule has 2 heterocycles. The fourth-order valence-electron chi connectivity index (χ4n) is 1.68. The SMILES string of the molecule is Cc1nnc(COC(=O)c2csc(-c3ccccc3)n2)o1. The molecule has 0 saturated carbocycles. The van der Waals surface area contributed by atoms with Crippen molar-refractivity contribution in [1.29, 1.82) is 0 Å². The smallest absolute Gasteiger partial charge is 0.358 e. The Kier molecular flexibility index (Phi) is 3.74. The van der Waals surface area contributed by atoms with Crippen molar-refractivity contribution >= 4 is 17.3 Å². The summed E-state index contributed by atoms with van der Waals surface area (Å²) in [5.74, 6) is 0.185. The molecule has 21 heavy (non-hydrogen) atoms. The van der Waals surface area contributed by atoms with Crippen LogP contribution >= 0.6 is 11.3 Å². The molecule has 0 radical (unpaired) electrons. The molecular formula is C14H11N3O3S. The third-order valence-corrected chi connectivity index (χ3v) is 3.52. The van der Waals surface area contributed by atoms with Gasteiger partial charge in [-0.3, -0.25) is 0 Å². The molecule has 6 nitrogen and oxygen atoms in total. The van der Waals surface area contributed by atoms with E-state index in [4.69, 9.17) is 9.15 Å². The predicted molar refractivity (Wildman–Crippen MR) is 75.7 cm³/mol. The van der Waals surface area contributed by atoms with Crippen molar-refractivity contribution < 1.29 is 13.9 Å². The lowest BCUT2D eigenvalue weighted by atomic mass is 10.2.